The Labute approximate surface area is 227 Å². The largest absolute Gasteiger partial charge is 0.347 e. The molecule has 0 saturated carbocycles. The molecule has 198 valence electrons. The third-order valence-electron chi connectivity index (χ3n) is 7.40. The molecule has 1 aliphatic heterocycles. The van der Waals surface area contributed by atoms with E-state index in [0.29, 0.717) is 29.9 Å². The maximum absolute atomic E-state index is 13.6. The molecule has 0 atom stereocenters. The summed E-state index contributed by atoms with van der Waals surface area (Å²) in [5, 5.41) is 0. The second kappa shape index (κ2) is 11.3. The number of piperidine rings is 1. The summed E-state index contributed by atoms with van der Waals surface area (Å²) in [5.74, 6) is -0.740. The van der Waals surface area contributed by atoms with E-state index in [1.807, 2.05) is 25.1 Å². The molecule has 2 heterocycles. The van der Waals surface area contributed by atoms with Gasteiger partial charge in [0.2, 0.25) is 5.78 Å². The Bertz CT molecular complexity index is 1490. The second-order valence-electron chi connectivity index (χ2n) is 10.1. The molecule has 1 aliphatic rings. The molecule has 0 radical (unpaired) electrons. The van der Waals surface area contributed by atoms with Crippen LogP contribution in [-0.4, -0.2) is 40.7 Å². The Balaban J connectivity index is 1.31. The van der Waals surface area contributed by atoms with Gasteiger partial charge in [0.05, 0.1) is 12.2 Å². The number of rotatable bonds is 7. The van der Waals surface area contributed by atoms with Crippen molar-refractivity contribution < 1.29 is 18.4 Å². The van der Waals surface area contributed by atoms with Gasteiger partial charge in [-0.3, -0.25) is 14.5 Å². The third-order valence-corrected chi connectivity index (χ3v) is 7.40. The monoisotopic (exact) mass is 524 g/mol. The van der Waals surface area contributed by atoms with Gasteiger partial charge < -0.3 is 4.57 Å². The van der Waals surface area contributed by atoms with Crippen molar-refractivity contribution >= 4 is 17.1 Å². The average Bonchev–Trinajstić information content (AvgIpc) is 3.33. The summed E-state index contributed by atoms with van der Waals surface area (Å²) in [6, 6.07) is 21.9. The summed E-state index contributed by atoms with van der Waals surface area (Å²) in [4.78, 5) is 28.4. The molecule has 0 spiro atoms. The minimum atomic E-state index is -0.305. The van der Waals surface area contributed by atoms with Gasteiger partial charge in [-0.15, -0.1) is 0 Å². The van der Waals surface area contributed by atoms with Crippen LogP contribution >= 0.6 is 0 Å². The number of hydrogen-bond donors (Lipinski definition) is 0. The summed E-state index contributed by atoms with van der Waals surface area (Å²) in [6.45, 7) is 3.54. The molecule has 1 aromatic heterocycles. The summed E-state index contributed by atoms with van der Waals surface area (Å²) in [5.41, 5.74) is 6.50. The van der Waals surface area contributed by atoms with E-state index in [1.54, 1.807) is 54.2 Å². The van der Waals surface area contributed by atoms with E-state index >= 15 is 0 Å². The van der Waals surface area contributed by atoms with Gasteiger partial charge in [0.25, 0.3) is 0 Å². The fraction of sp³-hybridized carbons (Fsp3) is 0.212. The number of benzene rings is 3. The van der Waals surface area contributed by atoms with Gasteiger partial charge >= 0.3 is 0 Å². The zero-order valence-corrected chi connectivity index (χ0v) is 22.1. The van der Waals surface area contributed by atoms with Gasteiger partial charge in [-0.1, -0.05) is 54.1 Å². The molecule has 0 N–H and O–H groups in total. The normalized spacial score (nSPS) is 13.9. The Kier molecular flexibility index (Phi) is 7.66. The van der Waals surface area contributed by atoms with E-state index in [2.05, 4.69) is 4.90 Å². The summed E-state index contributed by atoms with van der Waals surface area (Å²) in [7, 11) is 1.78. The van der Waals surface area contributed by atoms with Crippen LogP contribution in [0.15, 0.2) is 90.6 Å². The lowest BCUT2D eigenvalue weighted by Crippen LogP contribution is -2.35. The van der Waals surface area contributed by atoms with Crippen LogP contribution in [0.4, 0.5) is 8.78 Å². The fourth-order valence-corrected chi connectivity index (χ4v) is 5.24. The van der Waals surface area contributed by atoms with Gasteiger partial charge in [-0.25, -0.2) is 8.78 Å². The first kappa shape index (κ1) is 26.4. The number of hydrogen-bond acceptors (Lipinski definition) is 3. The van der Waals surface area contributed by atoms with Gasteiger partial charge in [0, 0.05) is 37.5 Å². The Morgan fingerprint density at radius 2 is 1.36 bits per heavy atom. The Morgan fingerprint density at radius 1 is 0.795 bits per heavy atom. The molecule has 0 unspecified atom stereocenters. The van der Waals surface area contributed by atoms with E-state index in [-0.39, 0.29) is 29.7 Å². The number of aromatic nitrogens is 1. The number of Topliss-reactive ketones (excluding diaryl/α,β-unsaturated/α-hetero) is 1. The lowest BCUT2D eigenvalue weighted by atomic mass is 9.88. The Hall–Kier alpha value is -4.16. The van der Waals surface area contributed by atoms with Gasteiger partial charge in [-0.05, 0) is 72.4 Å². The van der Waals surface area contributed by atoms with Crippen molar-refractivity contribution in [2.75, 3.05) is 19.6 Å². The van der Waals surface area contributed by atoms with Crippen LogP contribution in [0.2, 0.25) is 0 Å². The molecular formula is C33H30F2N2O2. The molecule has 4 nitrogen and oxygen atoms in total. The zero-order valence-electron chi connectivity index (χ0n) is 22.1. The average molecular weight is 525 g/mol. The van der Waals surface area contributed by atoms with Gasteiger partial charge in [-0.2, -0.15) is 0 Å². The SMILES string of the molecule is Cc1ccccc1C(=O)c1cc(C(=O)CN2CCC(=C(c3ccc(F)cc3)c3ccc(F)cc3)CC2)cn1C. The maximum atomic E-state index is 13.6. The number of halogens is 2. The highest BCUT2D eigenvalue weighted by Gasteiger charge is 2.23. The minimum absolute atomic E-state index is 0.0286. The molecule has 4 aromatic rings. The molecule has 0 amide bonds. The van der Waals surface area contributed by atoms with Crippen LogP contribution in [0.1, 0.15) is 55.9 Å². The van der Waals surface area contributed by atoms with Crippen molar-refractivity contribution in [3.63, 3.8) is 0 Å². The van der Waals surface area contributed by atoms with Crippen LogP contribution in [0, 0.1) is 18.6 Å². The van der Waals surface area contributed by atoms with E-state index in [0.717, 1.165) is 35.1 Å². The Morgan fingerprint density at radius 3 is 1.92 bits per heavy atom. The summed E-state index contributed by atoms with van der Waals surface area (Å²) in [6.07, 6.45) is 3.21. The number of ketones is 2. The highest BCUT2D eigenvalue weighted by Crippen LogP contribution is 2.33. The maximum Gasteiger partial charge on any atom is 0.209 e. The van der Waals surface area contributed by atoms with Crippen molar-refractivity contribution in [3.05, 3.63) is 136 Å². The van der Waals surface area contributed by atoms with E-state index in [1.165, 1.54) is 29.8 Å². The first-order valence-electron chi connectivity index (χ1n) is 13.1. The zero-order chi connectivity index (χ0) is 27.5. The molecule has 5 rings (SSSR count). The van der Waals surface area contributed by atoms with E-state index in [4.69, 9.17) is 0 Å². The molecule has 0 bridgehead atoms. The first-order valence-corrected chi connectivity index (χ1v) is 13.1. The van der Waals surface area contributed by atoms with E-state index in [9.17, 15) is 18.4 Å². The standard InChI is InChI=1S/C33H30F2N2O2/c1-22-5-3-4-6-29(22)33(39)30-19-26(20-36(30)2)31(38)21-37-17-15-25(16-18-37)32(23-7-11-27(34)12-8-23)24-9-13-28(35)14-10-24/h3-14,19-20H,15-18,21H2,1-2H3. The number of nitrogens with zero attached hydrogens (tertiary/aromatic N) is 2. The van der Waals surface area contributed by atoms with Gasteiger partial charge in [0.1, 0.15) is 11.6 Å². The fourth-order valence-electron chi connectivity index (χ4n) is 5.24. The molecule has 39 heavy (non-hydrogen) atoms. The third kappa shape index (κ3) is 5.81. The lowest BCUT2D eigenvalue weighted by Gasteiger charge is -2.29. The molecule has 3 aromatic carbocycles. The molecule has 0 aliphatic carbocycles. The molecule has 6 heteroatoms. The second-order valence-corrected chi connectivity index (χ2v) is 10.1. The molecular weight excluding hydrogens is 494 g/mol. The first-order chi connectivity index (χ1) is 18.8. The van der Waals surface area contributed by atoms with Crippen LogP contribution in [0.25, 0.3) is 5.57 Å². The van der Waals surface area contributed by atoms with Gasteiger partial charge in [0.15, 0.2) is 5.78 Å². The van der Waals surface area contributed by atoms with Crippen molar-refractivity contribution in [3.8, 4) is 0 Å². The number of aryl methyl sites for hydroxylation is 2. The van der Waals surface area contributed by atoms with Crippen LogP contribution < -0.4 is 0 Å². The molecule has 1 saturated heterocycles. The predicted molar refractivity (Wildman–Crippen MR) is 149 cm³/mol. The predicted octanol–water partition coefficient (Wildman–Crippen LogP) is 6.62. The number of carbonyl (C=O) groups excluding carboxylic acids is 2. The van der Waals surface area contributed by atoms with Crippen LogP contribution in [0.5, 0.6) is 0 Å². The van der Waals surface area contributed by atoms with Crippen LogP contribution in [-0.2, 0) is 7.05 Å². The topological polar surface area (TPSA) is 42.3 Å². The summed E-state index contributed by atoms with van der Waals surface area (Å²) >= 11 is 0. The van der Waals surface area contributed by atoms with E-state index < -0.39 is 0 Å². The van der Waals surface area contributed by atoms with Crippen molar-refractivity contribution in [1.82, 2.24) is 9.47 Å². The number of carbonyl (C=O) groups is 2. The van der Waals surface area contributed by atoms with Crippen LogP contribution in [0.3, 0.4) is 0 Å². The van der Waals surface area contributed by atoms with Crippen molar-refractivity contribution in [2.24, 2.45) is 7.05 Å². The lowest BCUT2D eigenvalue weighted by molar-refractivity contribution is 0.0924. The highest BCUT2D eigenvalue weighted by atomic mass is 19.1. The van der Waals surface area contributed by atoms with Crippen molar-refractivity contribution in [1.29, 1.82) is 0 Å². The summed E-state index contributed by atoms with van der Waals surface area (Å²) < 4.78 is 28.9. The highest BCUT2D eigenvalue weighted by molar-refractivity contribution is 6.10. The smallest absolute Gasteiger partial charge is 0.209 e. The minimum Gasteiger partial charge on any atom is -0.347 e. The van der Waals surface area contributed by atoms with Crippen molar-refractivity contribution in [2.45, 2.75) is 19.8 Å². The quantitative estimate of drug-likeness (QED) is 0.255. The number of likely N-dealkylation sites (tertiary alicyclic amines) is 1. The molecule has 1 fully saturated rings.